The molecule has 0 spiro atoms. The van der Waals surface area contributed by atoms with Crippen LogP contribution in [0, 0.1) is 0 Å². The molecule has 0 aliphatic carbocycles. The summed E-state index contributed by atoms with van der Waals surface area (Å²) in [7, 11) is 1.54. The van der Waals surface area contributed by atoms with E-state index in [1.54, 1.807) is 44.4 Å². The van der Waals surface area contributed by atoms with Crippen LogP contribution < -0.4 is 10.1 Å². The first-order valence-corrected chi connectivity index (χ1v) is 9.93. The fourth-order valence-corrected chi connectivity index (χ4v) is 3.17. The fraction of sp³-hybridized carbons (Fsp3) is 0.273. The summed E-state index contributed by atoms with van der Waals surface area (Å²) >= 11 is 12.0. The Morgan fingerprint density at radius 2 is 1.86 bits per heavy atom. The summed E-state index contributed by atoms with van der Waals surface area (Å²) in [6, 6.07) is 10.3. The van der Waals surface area contributed by atoms with Crippen LogP contribution in [0.2, 0.25) is 10.0 Å². The molecule has 2 rings (SSSR count). The van der Waals surface area contributed by atoms with Crippen molar-refractivity contribution in [3.63, 3.8) is 0 Å². The number of ether oxygens (including phenoxy) is 2. The van der Waals surface area contributed by atoms with Crippen LogP contribution in [-0.4, -0.2) is 25.6 Å². The predicted molar refractivity (Wildman–Crippen MR) is 117 cm³/mol. The van der Waals surface area contributed by atoms with E-state index in [1.165, 1.54) is 0 Å². The van der Waals surface area contributed by atoms with Gasteiger partial charge in [-0.1, -0.05) is 36.2 Å². The normalized spacial score (nSPS) is 11.1. The topological polar surface area (TPSA) is 64.6 Å². The Hall–Kier alpha value is -2.50. The largest absolute Gasteiger partial charge is 0.496 e. The monoisotopic (exact) mass is 435 g/mol. The molecule has 0 aromatic heterocycles. The zero-order valence-corrected chi connectivity index (χ0v) is 18.1. The van der Waals surface area contributed by atoms with Gasteiger partial charge in [0.15, 0.2) is 0 Å². The number of nitrogens with one attached hydrogen (secondary N) is 1. The van der Waals surface area contributed by atoms with E-state index in [9.17, 15) is 9.59 Å². The first-order chi connectivity index (χ1) is 13.9. The number of rotatable bonds is 8. The molecular formula is C22H23Cl2NO4. The summed E-state index contributed by atoms with van der Waals surface area (Å²) in [5.74, 6) is -0.0223. The highest BCUT2D eigenvalue weighted by molar-refractivity contribution is 6.36. The molecule has 0 fully saturated rings. The van der Waals surface area contributed by atoms with Gasteiger partial charge in [0.2, 0.25) is 5.91 Å². The minimum Gasteiger partial charge on any atom is -0.496 e. The maximum atomic E-state index is 12.5. The Morgan fingerprint density at radius 1 is 1.10 bits per heavy atom. The van der Waals surface area contributed by atoms with Gasteiger partial charge in [-0.15, -0.1) is 0 Å². The molecule has 0 unspecified atom stereocenters. The highest BCUT2D eigenvalue weighted by Crippen LogP contribution is 2.27. The molecule has 0 aliphatic heterocycles. The lowest BCUT2D eigenvalue weighted by molar-refractivity contribution is -0.138. The van der Waals surface area contributed by atoms with Gasteiger partial charge in [-0.05, 0) is 55.3 Å². The van der Waals surface area contributed by atoms with Crippen LogP contribution in [0.5, 0.6) is 5.75 Å². The molecule has 7 heteroatoms. The third-order valence-corrected chi connectivity index (χ3v) is 4.67. The average molecular weight is 436 g/mol. The van der Waals surface area contributed by atoms with Crippen molar-refractivity contribution in [2.75, 3.05) is 19.0 Å². The number of hydrogen-bond donors (Lipinski definition) is 1. The standard InChI is InChI=1S/C22H23Cl2NO4/c1-4-15(22(27)29-5-2)10-14-6-9-20(28-3)16(11-14)12-21(26)25-19-8-7-17(23)13-18(19)24/h6-11,13H,4-5,12H2,1-3H3,(H,25,26)/b15-10-. The molecule has 2 aromatic carbocycles. The van der Waals surface area contributed by atoms with Crippen LogP contribution in [0.3, 0.4) is 0 Å². The van der Waals surface area contributed by atoms with E-state index in [4.69, 9.17) is 32.7 Å². The summed E-state index contributed by atoms with van der Waals surface area (Å²) < 4.78 is 10.4. The van der Waals surface area contributed by atoms with Gasteiger partial charge in [0.05, 0.1) is 30.8 Å². The van der Waals surface area contributed by atoms with Gasteiger partial charge in [0.1, 0.15) is 5.75 Å². The minimum absolute atomic E-state index is 0.0741. The smallest absolute Gasteiger partial charge is 0.333 e. The summed E-state index contributed by atoms with van der Waals surface area (Å²) in [6.07, 6.45) is 2.37. The predicted octanol–water partition coefficient (Wildman–Crippen LogP) is 5.54. The Labute approximate surface area is 180 Å². The van der Waals surface area contributed by atoms with E-state index in [0.29, 0.717) is 45.6 Å². The Kier molecular flexibility index (Phi) is 8.55. The van der Waals surface area contributed by atoms with Gasteiger partial charge in [-0.2, -0.15) is 0 Å². The Balaban J connectivity index is 2.23. The number of benzene rings is 2. The maximum absolute atomic E-state index is 12.5. The molecule has 154 valence electrons. The van der Waals surface area contributed by atoms with Gasteiger partial charge >= 0.3 is 5.97 Å². The lowest BCUT2D eigenvalue weighted by Crippen LogP contribution is -2.15. The Morgan fingerprint density at radius 3 is 2.48 bits per heavy atom. The maximum Gasteiger partial charge on any atom is 0.333 e. The van der Waals surface area contributed by atoms with Crippen molar-refractivity contribution in [1.82, 2.24) is 0 Å². The van der Waals surface area contributed by atoms with Crippen molar-refractivity contribution in [2.24, 2.45) is 0 Å². The van der Waals surface area contributed by atoms with Crippen LogP contribution in [0.1, 0.15) is 31.4 Å². The van der Waals surface area contributed by atoms with Crippen LogP contribution in [0.15, 0.2) is 42.0 Å². The number of anilines is 1. The number of carbonyl (C=O) groups excluding carboxylic acids is 2. The molecule has 0 saturated carbocycles. The first-order valence-electron chi connectivity index (χ1n) is 9.17. The van der Waals surface area contributed by atoms with Gasteiger partial charge in [-0.3, -0.25) is 4.79 Å². The molecule has 0 bridgehead atoms. The second kappa shape index (κ2) is 10.9. The first kappa shape index (κ1) is 22.8. The van der Waals surface area contributed by atoms with E-state index < -0.39 is 0 Å². The molecule has 0 radical (unpaired) electrons. The summed E-state index contributed by atoms with van der Waals surface area (Å²) in [5, 5.41) is 3.62. The van der Waals surface area contributed by atoms with E-state index in [2.05, 4.69) is 5.32 Å². The van der Waals surface area contributed by atoms with E-state index in [1.807, 2.05) is 19.1 Å². The molecule has 0 saturated heterocycles. The number of carbonyl (C=O) groups is 2. The summed E-state index contributed by atoms with van der Waals surface area (Å²) in [6.45, 7) is 3.97. The van der Waals surface area contributed by atoms with Gasteiger partial charge in [0, 0.05) is 16.2 Å². The van der Waals surface area contributed by atoms with Crippen LogP contribution in [-0.2, 0) is 20.7 Å². The number of methoxy groups -OCH3 is 1. The summed E-state index contributed by atoms with van der Waals surface area (Å²) in [5.41, 5.74) is 2.50. The van der Waals surface area contributed by atoms with Crippen molar-refractivity contribution >= 4 is 46.8 Å². The fourth-order valence-electron chi connectivity index (χ4n) is 2.71. The molecule has 2 aromatic rings. The van der Waals surface area contributed by atoms with Crippen molar-refractivity contribution in [3.05, 3.63) is 63.1 Å². The highest BCUT2D eigenvalue weighted by atomic mass is 35.5. The van der Waals surface area contributed by atoms with Gasteiger partial charge < -0.3 is 14.8 Å². The molecule has 0 atom stereocenters. The zero-order chi connectivity index (χ0) is 21.4. The van der Waals surface area contributed by atoms with E-state index >= 15 is 0 Å². The van der Waals surface area contributed by atoms with Crippen LogP contribution in [0.25, 0.3) is 6.08 Å². The number of amides is 1. The molecule has 5 nitrogen and oxygen atoms in total. The van der Waals surface area contributed by atoms with Crippen molar-refractivity contribution in [1.29, 1.82) is 0 Å². The van der Waals surface area contributed by atoms with Crippen molar-refractivity contribution in [2.45, 2.75) is 26.7 Å². The number of hydrogen-bond acceptors (Lipinski definition) is 4. The number of esters is 1. The molecule has 0 heterocycles. The van der Waals surface area contributed by atoms with E-state index in [-0.39, 0.29) is 18.3 Å². The van der Waals surface area contributed by atoms with Gasteiger partial charge in [-0.25, -0.2) is 4.79 Å². The average Bonchev–Trinajstić information content (AvgIpc) is 2.68. The summed E-state index contributed by atoms with van der Waals surface area (Å²) in [4.78, 5) is 24.5. The molecule has 1 amide bonds. The van der Waals surface area contributed by atoms with Crippen molar-refractivity contribution in [3.8, 4) is 5.75 Å². The van der Waals surface area contributed by atoms with Crippen LogP contribution in [0.4, 0.5) is 5.69 Å². The minimum atomic E-state index is -0.345. The third kappa shape index (κ3) is 6.51. The van der Waals surface area contributed by atoms with E-state index in [0.717, 1.165) is 5.56 Å². The molecule has 0 aliphatic rings. The molecular weight excluding hydrogens is 413 g/mol. The molecule has 1 N–H and O–H groups in total. The van der Waals surface area contributed by atoms with Gasteiger partial charge in [0.25, 0.3) is 0 Å². The highest BCUT2D eigenvalue weighted by Gasteiger charge is 2.13. The SMILES string of the molecule is CCOC(=O)/C(=C\c1ccc(OC)c(CC(=O)Nc2ccc(Cl)cc2Cl)c1)CC. The quantitative estimate of drug-likeness (QED) is 0.436. The lowest BCUT2D eigenvalue weighted by Gasteiger charge is -2.12. The second-order valence-electron chi connectivity index (χ2n) is 6.16. The molecule has 29 heavy (non-hydrogen) atoms. The lowest BCUT2D eigenvalue weighted by atomic mass is 10.0. The van der Waals surface area contributed by atoms with Crippen LogP contribution >= 0.6 is 23.2 Å². The second-order valence-corrected chi connectivity index (χ2v) is 7.01. The zero-order valence-electron chi connectivity index (χ0n) is 16.6. The Bertz CT molecular complexity index is 925. The van der Waals surface area contributed by atoms with Crippen molar-refractivity contribution < 1.29 is 19.1 Å². The third-order valence-electron chi connectivity index (χ3n) is 4.12. The number of halogens is 2.